The monoisotopic (exact) mass is 321 g/mol. The Morgan fingerprint density at radius 2 is 2.04 bits per heavy atom. The number of hydrogen-bond donors (Lipinski definition) is 3. The summed E-state index contributed by atoms with van der Waals surface area (Å²) in [6.45, 7) is 6.35. The predicted octanol–water partition coefficient (Wildman–Crippen LogP) is 1.75. The smallest absolute Gasteiger partial charge is 0.312 e. The second-order valence-corrected chi connectivity index (χ2v) is 5.73. The zero-order valence-corrected chi connectivity index (χ0v) is 14.3. The summed E-state index contributed by atoms with van der Waals surface area (Å²) in [5.41, 5.74) is 7.33. The number of rotatable bonds is 8. The molecule has 6 nitrogen and oxygen atoms in total. The van der Waals surface area contributed by atoms with Gasteiger partial charge in [0.05, 0.1) is 7.11 Å². The third kappa shape index (κ3) is 5.81. The molecule has 23 heavy (non-hydrogen) atoms. The zero-order chi connectivity index (χ0) is 17.4. The molecule has 2 unspecified atom stereocenters. The van der Waals surface area contributed by atoms with Crippen molar-refractivity contribution in [3.8, 4) is 5.75 Å². The number of primary amides is 1. The minimum absolute atomic E-state index is 0.0102. The Balaban J connectivity index is 2.64. The fourth-order valence-corrected chi connectivity index (χ4v) is 2.39. The number of carbonyl (C=O) groups excluding carboxylic acids is 2. The molecule has 128 valence electrons. The van der Waals surface area contributed by atoms with Gasteiger partial charge in [-0.25, -0.2) is 4.79 Å². The van der Waals surface area contributed by atoms with Crippen LogP contribution in [-0.4, -0.2) is 31.6 Å². The summed E-state index contributed by atoms with van der Waals surface area (Å²) in [4.78, 5) is 23.3. The Hall–Kier alpha value is -2.24. The zero-order valence-electron chi connectivity index (χ0n) is 14.3. The van der Waals surface area contributed by atoms with Crippen molar-refractivity contribution in [2.45, 2.75) is 39.7 Å². The van der Waals surface area contributed by atoms with Gasteiger partial charge in [-0.2, -0.15) is 0 Å². The topological polar surface area (TPSA) is 93.5 Å². The second-order valence-electron chi connectivity index (χ2n) is 5.73. The van der Waals surface area contributed by atoms with Crippen LogP contribution in [0.2, 0.25) is 0 Å². The van der Waals surface area contributed by atoms with E-state index in [9.17, 15) is 9.59 Å². The minimum Gasteiger partial charge on any atom is -0.496 e. The average molecular weight is 321 g/mol. The van der Waals surface area contributed by atoms with Gasteiger partial charge in [0.1, 0.15) is 11.8 Å². The molecule has 0 saturated carbocycles. The van der Waals surface area contributed by atoms with Crippen molar-refractivity contribution < 1.29 is 14.3 Å². The van der Waals surface area contributed by atoms with Crippen LogP contribution in [0.3, 0.4) is 0 Å². The fourth-order valence-electron chi connectivity index (χ4n) is 2.39. The van der Waals surface area contributed by atoms with E-state index >= 15 is 0 Å². The van der Waals surface area contributed by atoms with Crippen molar-refractivity contribution >= 4 is 11.9 Å². The number of carbonyl (C=O) groups is 2. The first-order chi connectivity index (χ1) is 10.9. The van der Waals surface area contributed by atoms with Crippen molar-refractivity contribution in [1.82, 2.24) is 10.6 Å². The molecule has 3 amide bonds. The van der Waals surface area contributed by atoms with Crippen LogP contribution in [0.15, 0.2) is 18.2 Å². The maximum atomic E-state index is 12.3. The highest BCUT2D eigenvalue weighted by atomic mass is 16.5. The van der Waals surface area contributed by atoms with Crippen LogP contribution in [0.5, 0.6) is 5.75 Å². The molecule has 0 radical (unpaired) electrons. The number of ether oxygens (including phenoxy) is 1. The molecule has 0 fully saturated rings. The van der Waals surface area contributed by atoms with E-state index in [2.05, 4.69) is 10.6 Å². The lowest BCUT2D eigenvalue weighted by Gasteiger charge is -2.22. The van der Waals surface area contributed by atoms with Crippen LogP contribution in [0, 0.1) is 12.8 Å². The summed E-state index contributed by atoms with van der Waals surface area (Å²) in [6, 6.07) is 4.64. The van der Waals surface area contributed by atoms with E-state index < -0.39 is 12.1 Å². The molecule has 1 aromatic carbocycles. The largest absolute Gasteiger partial charge is 0.496 e. The lowest BCUT2D eigenvalue weighted by molar-refractivity contribution is -0.124. The molecule has 0 aliphatic carbocycles. The SMILES string of the molecule is CCC(C)C(NC(N)=O)C(=O)NCCc1cc(C)ccc1OC. The lowest BCUT2D eigenvalue weighted by Crippen LogP contribution is -2.52. The molecule has 2 atom stereocenters. The van der Waals surface area contributed by atoms with Crippen LogP contribution in [0.1, 0.15) is 31.4 Å². The van der Waals surface area contributed by atoms with Crippen LogP contribution in [0.4, 0.5) is 4.79 Å². The maximum Gasteiger partial charge on any atom is 0.312 e. The van der Waals surface area contributed by atoms with Crippen LogP contribution < -0.4 is 21.1 Å². The lowest BCUT2D eigenvalue weighted by atomic mass is 9.98. The summed E-state index contributed by atoms with van der Waals surface area (Å²) in [5.74, 6) is 0.597. The number of methoxy groups -OCH3 is 1. The molecule has 1 aromatic rings. The van der Waals surface area contributed by atoms with Crippen molar-refractivity contribution in [3.05, 3.63) is 29.3 Å². The molecule has 0 saturated heterocycles. The van der Waals surface area contributed by atoms with Gasteiger partial charge in [-0.1, -0.05) is 38.0 Å². The number of aryl methyl sites for hydroxylation is 1. The Labute approximate surface area is 137 Å². The molecular weight excluding hydrogens is 294 g/mol. The van der Waals surface area contributed by atoms with E-state index in [0.717, 1.165) is 23.3 Å². The summed E-state index contributed by atoms with van der Waals surface area (Å²) in [6.07, 6.45) is 1.42. The van der Waals surface area contributed by atoms with Crippen LogP contribution in [-0.2, 0) is 11.2 Å². The first kappa shape index (κ1) is 18.8. The number of nitrogens with two attached hydrogens (primary N) is 1. The van der Waals surface area contributed by atoms with Gasteiger partial charge < -0.3 is 21.1 Å². The molecule has 0 aliphatic rings. The normalized spacial score (nSPS) is 13.0. The summed E-state index contributed by atoms with van der Waals surface area (Å²) in [5, 5.41) is 5.37. The van der Waals surface area contributed by atoms with Crippen molar-refractivity contribution in [3.63, 3.8) is 0 Å². The van der Waals surface area contributed by atoms with Gasteiger partial charge in [0, 0.05) is 6.54 Å². The van der Waals surface area contributed by atoms with Crippen LogP contribution in [0.25, 0.3) is 0 Å². The molecule has 6 heteroatoms. The van der Waals surface area contributed by atoms with E-state index in [1.165, 1.54) is 0 Å². The first-order valence-corrected chi connectivity index (χ1v) is 7.86. The molecule has 0 heterocycles. The van der Waals surface area contributed by atoms with Crippen molar-refractivity contribution in [2.24, 2.45) is 11.7 Å². The van der Waals surface area contributed by atoms with E-state index in [0.29, 0.717) is 13.0 Å². The number of urea groups is 1. The minimum atomic E-state index is -0.689. The Morgan fingerprint density at radius 3 is 2.61 bits per heavy atom. The van der Waals surface area contributed by atoms with E-state index in [1.54, 1.807) is 7.11 Å². The highest BCUT2D eigenvalue weighted by Gasteiger charge is 2.24. The van der Waals surface area contributed by atoms with E-state index in [4.69, 9.17) is 10.5 Å². The van der Waals surface area contributed by atoms with Gasteiger partial charge in [-0.15, -0.1) is 0 Å². The van der Waals surface area contributed by atoms with Crippen molar-refractivity contribution in [1.29, 1.82) is 0 Å². The van der Waals surface area contributed by atoms with Crippen LogP contribution >= 0.6 is 0 Å². The van der Waals surface area contributed by atoms with Crippen molar-refractivity contribution in [2.75, 3.05) is 13.7 Å². The van der Waals surface area contributed by atoms with E-state index in [-0.39, 0.29) is 11.8 Å². The summed E-state index contributed by atoms with van der Waals surface area (Å²) >= 11 is 0. The standard InChI is InChI=1S/C17H27N3O3/c1-5-12(3)15(20-17(18)22)16(21)19-9-8-13-10-11(2)6-7-14(13)23-4/h6-7,10,12,15H,5,8-9H2,1-4H3,(H,19,21)(H3,18,20,22). The molecule has 4 N–H and O–H groups in total. The molecule has 1 rings (SSSR count). The second kappa shape index (κ2) is 9.02. The number of nitrogens with one attached hydrogen (secondary N) is 2. The Morgan fingerprint density at radius 1 is 1.35 bits per heavy atom. The average Bonchev–Trinajstić information content (AvgIpc) is 2.51. The fraction of sp³-hybridized carbons (Fsp3) is 0.529. The first-order valence-electron chi connectivity index (χ1n) is 7.86. The van der Waals surface area contributed by atoms with E-state index in [1.807, 2.05) is 39.0 Å². The number of benzene rings is 1. The maximum absolute atomic E-state index is 12.3. The number of amides is 3. The van der Waals surface area contributed by atoms with Gasteiger partial charge in [0.15, 0.2) is 0 Å². The highest BCUT2D eigenvalue weighted by molar-refractivity contribution is 5.86. The Bertz CT molecular complexity index is 546. The van der Waals surface area contributed by atoms with Gasteiger partial charge in [0.25, 0.3) is 0 Å². The predicted molar refractivity (Wildman–Crippen MR) is 90.4 cm³/mol. The third-order valence-electron chi connectivity index (χ3n) is 3.92. The molecule has 0 aromatic heterocycles. The summed E-state index contributed by atoms with van der Waals surface area (Å²) < 4.78 is 5.33. The third-order valence-corrected chi connectivity index (χ3v) is 3.92. The van der Waals surface area contributed by atoms with Gasteiger partial charge >= 0.3 is 6.03 Å². The Kier molecular flexibility index (Phi) is 7.38. The molecule has 0 bridgehead atoms. The highest BCUT2D eigenvalue weighted by Crippen LogP contribution is 2.19. The van der Waals surface area contributed by atoms with Gasteiger partial charge in [-0.05, 0) is 30.9 Å². The number of hydrogen-bond acceptors (Lipinski definition) is 3. The van der Waals surface area contributed by atoms with Gasteiger partial charge in [-0.3, -0.25) is 4.79 Å². The summed E-state index contributed by atoms with van der Waals surface area (Å²) in [7, 11) is 1.63. The quantitative estimate of drug-likeness (QED) is 0.681. The molecular formula is C17H27N3O3. The molecule has 0 spiro atoms. The van der Waals surface area contributed by atoms with Gasteiger partial charge in [0.2, 0.25) is 5.91 Å². The molecule has 0 aliphatic heterocycles.